The molecule has 0 radical (unpaired) electrons. The number of nitrogens with one attached hydrogen (secondary N) is 1. The number of carbonyl (C=O) groups is 2. The zero-order valence-electron chi connectivity index (χ0n) is 15.6. The van der Waals surface area contributed by atoms with Crippen molar-refractivity contribution in [3.8, 4) is 0 Å². The summed E-state index contributed by atoms with van der Waals surface area (Å²) < 4.78 is 6.39. The van der Waals surface area contributed by atoms with E-state index in [0.29, 0.717) is 23.7 Å². The summed E-state index contributed by atoms with van der Waals surface area (Å²) >= 11 is 0. The first kappa shape index (κ1) is 19.6. The van der Waals surface area contributed by atoms with E-state index in [0.717, 1.165) is 0 Å². The minimum atomic E-state index is -0.724. The lowest BCUT2D eigenvalue weighted by atomic mass is 10.1. The Morgan fingerprint density at radius 3 is 2.46 bits per heavy atom. The third-order valence-corrected chi connectivity index (χ3v) is 4.22. The topological polar surface area (TPSA) is 90.3 Å². The number of aromatic nitrogens is 2. The Labute approximate surface area is 152 Å². The highest BCUT2D eigenvalue weighted by atomic mass is 16.5. The highest BCUT2D eigenvalue weighted by Gasteiger charge is 2.19. The quantitative estimate of drug-likeness (QED) is 0.765. The minimum Gasteiger partial charge on any atom is -0.451 e. The number of fused-ring (bicyclic) bond motifs is 1. The summed E-state index contributed by atoms with van der Waals surface area (Å²) in [6, 6.07) is 6.74. The number of rotatable bonds is 7. The van der Waals surface area contributed by atoms with Crippen LogP contribution in [0.25, 0.3) is 10.8 Å². The molecule has 26 heavy (non-hydrogen) atoms. The molecule has 7 heteroatoms. The molecule has 0 saturated heterocycles. The number of carbonyl (C=O) groups excluding carboxylic acids is 2. The smallest absolute Gasteiger partial charge is 0.359 e. The second-order valence-corrected chi connectivity index (χ2v) is 6.60. The standard InChI is InChI=1S/C19H25N3O4/c1-5-10-22-18(24)15-9-7-6-8-14(15)17(21-22)19(25)26-11-16(23)20-13(4)12(2)3/h6-9,12-13H,5,10-11H2,1-4H3,(H,20,23)/t13-/m1/s1. The molecule has 0 spiro atoms. The SMILES string of the molecule is CCCn1nc(C(=O)OCC(=O)N[C@H](C)C(C)C)c2ccccc2c1=O. The Morgan fingerprint density at radius 1 is 1.19 bits per heavy atom. The van der Waals surface area contributed by atoms with E-state index in [9.17, 15) is 14.4 Å². The van der Waals surface area contributed by atoms with Crippen LogP contribution in [0.2, 0.25) is 0 Å². The summed E-state index contributed by atoms with van der Waals surface area (Å²) in [5, 5.41) is 7.75. The summed E-state index contributed by atoms with van der Waals surface area (Å²) in [5.74, 6) is -0.818. The molecule has 0 aliphatic heterocycles. The van der Waals surface area contributed by atoms with E-state index < -0.39 is 12.6 Å². The molecular weight excluding hydrogens is 334 g/mol. The van der Waals surface area contributed by atoms with Gasteiger partial charge in [-0.3, -0.25) is 9.59 Å². The molecule has 1 N–H and O–H groups in total. The van der Waals surface area contributed by atoms with Crippen molar-refractivity contribution in [2.24, 2.45) is 5.92 Å². The third-order valence-electron chi connectivity index (χ3n) is 4.22. The largest absolute Gasteiger partial charge is 0.451 e. The van der Waals surface area contributed by atoms with Gasteiger partial charge >= 0.3 is 5.97 Å². The Balaban J connectivity index is 2.23. The lowest BCUT2D eigenvalue weighted by Gasteiger charge is -2.17. The lowest BCUT2D eigenvalue weighted by molar-refractivity contribution is -0.125. The zero-order chi connectivity index (χ0) is 19.3. The van der Waals surface area contributed by atoms with Gasteiger partial charge in [0.25, 0.3) is 11.5 Å². The molecule has 0 bridgehead atoms. The zero-order valence-corrected chi connectivity index (χ0v) is 15.6. The molecule has 0 aliphatic carbocycles. The first-order chi connectivity index (χ1) is 12.3. The van der Waals surface area contributed by atoms with E-state index >= 15 is 0 Å². The molecule has 7 nitrogen and oxygen atoms in total. The van der Waals surface area contributed by atoms with Gasteiger partial charge < -0.3 is 10.1 Å². The van der Waals surface area contributed by atoms with Crippen LogP contribution in [-0.2, 0) is 16.1 Å². The van der Waals surface area contributed by atoms with Gasteiger partial charge in [0.15, 0.2) is 12.3 Å². The van der Waals surface area contributed by atoms with Gasteiger partial charge in [0, 0.05) is 18.0 Å². The molecule has 140 valence electrons. The average molecular weight is 359 g/mol. The molecule has 0 fully saturated rings. The number of benzene rings is 1. The van der Waals surface area contributed by atoms with E-state index in [1.807, 2.05) is 27.7 Å². The van der Waals surface area contributed by atoms with Crippen LogP contribution >= 0.6 is 0 Å². The van der Waals surface area contributed by atoms with Gasteiger partial charge in [-0.25, -0.2) is 9.48 Å². The summed E-state index contributed by atoms with van der Waals surface area (Å²) in [7, 11) is 0. The van der Waals surface area contributed by atoms with Gasteiger partial charge in [0.05, 0.1) is 5.39 Å². The van der Waals surface area contributed by atoms with E-state index in [2.05, 4.69) is 10.4 Å². The molecule has 0 saturated carbocycles. The fraction of sp³-hybridized carbons (Fsp3) is 0.474. The number of aryl methyl sites for hydroxylation is 1. The summed E-state index contributed by atoms with van der Waals surface area (Å²) in [4.78, 5) is 36.8. The van der Waals surface area contributed by atoms with Crippen molar-refractivity contribution in [3.63, 3.8) is 0 Å². The van der Waals surface area contributed by atoms with Gasteiger partial charge in [-0.1, -0.05) is 39.0 Å². The van der Waals surface area contributed by atoms with Gasteiger partial charge in [0.2, 0.25) is 0 Å². The van der Waals surface area contributed by atoms with Crippen molar-refractivity contribution in [2.45, 2.75) is 46.7 Å². The maximum absolute atomic E-state index is 12.5. The third kappa shape index (κ3) is 4.47. The normalized spacial score (nSPS) is 12.2. The van der Waals surface area contributed by atoms with Gasteiger partial charge in [-0.2, -0.15) is 5.10 Å². The van der Waals surface area contributed by atoms with Crippen molar-refractivity contribution in [3.05, 3.63) is 40.3 Å². The summed E-state index contributed by atoms with van der Waals surface area (Å²) in [6.07, 6.45) is 0.704. The number of ether oxygens (including phenoxy) is 1. The first-order valence-electron chi connectivity index (χ1n) is 8.81. The van der Waals surface area contributed by atoms with Crippen LogP contribution in [0.3, 0.4) is 0 Å². The van der Waals surface area contributed by atoms with Crippen LogP contribution in [0.1, 0.15) is 44.6 Å². The van der Waals surface area contributed by atoms with Crippen molar-refractivity contribution in [2.75, 3.05) is 6.61 Å². The van der Waals surface area contributed by atoms with E-state index in [1.54, 1.807) is 24.3 Å². The van der Waals surface area contributed by atoms with Crippen LogP contribution in [0.5, 0.6) is 0 Å². The fourth-order valence-electron chi connectivity index (χ4n) is 2.41. The highest BCUT2D eigenvalue weighted by molar-refractivity contribution is 6.02. The van der Waals surface area contributed by atoms with E-state index in [4.69, 9.17) is 4.74 Å². The van der Waals surface area contributed by atoms with Crippen LogP contribution in [0.4, 0.5) is 0 Å². The molecule has 1 amide bonds. The molecule has 2 aromatic rings. The number of esters is 1. The van der Waals surface area contributed by atoms with Crippen LogP contribution in [0, 0.1) is 5.92 Å². The molecule has 1 aromatic carbocycles. The Hall–Kier alpha value is -2.70. The summed E-state index contributed by atoms with van der Waals surface area (Å²) in [5.41, 5.74) is -0.208. The Bertz CT molecular complexity index is 857. The molecular formula is C19H25N3O4. The predicted molar refractivity (Wildman–Crippen MR) is 99.0 cm³/mol. The average Bonchev–Trinajstić information content (AvgIpc) is 2.62. The van der Waals surface area contributed by atoms with Gasteiger partial charge in [-0.15, -0.1) is 0 Å². The van der Waals surface area contributed by atoms with Crippen molar-refractivity contribution in [1.29, 1.82) is 0 Å². The maximum Gasteiger partial charge on any atom is 0.359 e. The molecule has 1 atom stereocenters. The van der Waals surface area contributed by atoms with E-state index in [1.165, 1.54) is 4.68 Å². The molecule has 1 heterocycles. The second kappa shape index (κ2) is 8.60. The van der Waals surface area contributed by atoms with Crippen LogP contribution < -0.4 is 10.9 Å². The van der Waals surface area contributed by atoms with E-state index in [-0.39, 0.29) is 29.1 Å². The summed E-state index contributed by atoms with van der Waals surface area (Å²) in [6.45, 7) is 7.80. The molecule has 2 rings (SSSR count). The second-order valence-electron chi connectivity index (χ2n) is 6.60. The predicted octanol–water partition coefficient (Wildman–Crippen LogP) is 2.12. The molecule has 0 unspecified atom stereocenters. The highest BCUT2D eigenvalue weighted by Crippen LogP contribution is 2.14. The van der Waals surface area contributed by atoms with Crippen molar-refractivity contribution >= 4 is 22.6 Å². The maximum atomic E-state index is 12.5. The number of hydrogen-bond acceptors (Lipinski definition) is 5. The lowest BCUT2D eigenvalue weighted by Crippen LogP contribution is -2.38. The molecule has 1 aromatic heterocycles. The number of hydrogen-bond donors (Lipinski definition) is 1. The van der Waals surface area contributed by atoms with Crippen molar-refractivity contribution < 1.29 is 14.3 Å². The minimum absolute atomic E-state index is 0.0217. The van der Waals surface area contributed by atoms with Crippen LogP contribution in [-0.4, -0.2) is 34.3 Å². The molecule has 0 aliphatic rings. The van der Waals surface area contributed by atoms with Gasteiger partial charge in [-0.05, 0) is 25.3 Å². The Kier molecular flexibility index (Phi) is 6.49. The first-order valence-corrected chi connectivity index (χ1v) is 8.81. The fourth-order valence-corrected chi connectivity index (χ4v) is 2.41. The number of nitrogens with zero attached hydrogens (tertiary/aromatic N) is 2. The Morgan fingerprint density at radius 2 is 1.85 bits per heavy atom. The number of amides is 1. The van der Waals surface area contributed by atoms with Crippen molar-refractivity contribution in [1.82, 2.24) is 15.1 Å². The monoisotopic (exact) mass is 359 g/mol. The van der Waals surface area contributed by atoms with Gasteiger partial charge in [0.1, 0.15) is 0 Å². The van der Waals surface area contributed by atoms with Crippen LogP contribution in [0.15, 0.2) is 29.1 Å².